The van der Waals surface area contributed by atoms with Gasteiger partial charge in [-0.05, 0) is 95.1 Å². The fourth-order valence-electron chi connectivity index (χ4n) is 5.80. The number of carbonyl (C=O) groups excluding carboxylic acids is 1. The molecule has 0 aliphatic heterocycles. The summed E-state index contributed by atoms with van der Waals surface area (Å²) >= 11 is 0. The van der Waals surface area contributed by atoms with Crippen molar-refractivity contribution < 1.29 is 14.3 Å². The third-order valence-corrected chi connectivity index (χ3v) is 9.12. The van der Waals surface area contributed by atoms with Gasteiger partial charge in [-0.1, -0.05) is 100 Å². The number of carbonyl (C=O) groups is 1. The van der Waals surface area contributed by atoms with Gasteiger partial charge in [-0.3, -0.25) is 4.79 Å². The van der Waals surface area contributed by atoms with E-state index in [9.17, 15) is 4.79 Å². The van der Waals surface area contributed by atoms with Gasteiger partial charge in [0.2, 0.25) is 0 Å². The van der Waals surface area contributed by atoms with Gasteiger partial charge in [-0.2, -0.15) is 0 Å². The molecular weight excluding hydrogens is 592 g/mol. The third kappa shape index (κ3) is 6.96. The Morgan fingerprint density at radius 3 is 0.896 bits per heavy atom. The molecule has 0 atom stereocenters. The predicted octanol–water partition coefficient (Wildman–Crippen LogP) is 10.3. The molecule has 0 saturated carbocycles. The third-order valence-electron chi connectivity index (χ3n) is 9.12. The van der Waals surface area contributed by atoms with Gasteiger partial charge < -0.3 is 20.9 Å². The van der Waals surface area contributed by atoms with Crippen molar-refractivity contribution in [3.05, 3.63) is 179 Å². The molecule has 0 aliphatic rings. The van der Waals surface area contributed by atoms with E-state index >= 15 is 0 Å². The van der Waals surface area contributed by atoms with E-state index in [1.807, 2.05) is 121 Å². The summed E-state index contributed by atoms with van der Waals surface area (Å²) in [6.45, 7) is 8.72. The van der Waals surface area contributed by atoms with Gasteiger partial charge >= 0.3 is 0 Å². The van der Waals surface area contributed by atoms with E-state index in [1.165, 1.54) is 0 Å². The second kappa shape index (κ2) is 13.1. The van der Waals surface area contributed by atoms with Crippen molar-refractivity contribution in [2.24, 2.45) is 0 Å². The molecule has 48 heavy (non-hydrogen) atoms. The normalized spacial score (nSPS) is 11.6. The van der Waals surface area contributed by atoms with Gasteiger partial charge in [-0.15, -0.1) is 0 Å². The van der Waals surface area contributed by atoms with Crippen LogP contribution in [0.2, 0.25) is 0 Å². The second-order valence-corrected chi connectivity index (χ2v) is 13.1. The van der Waals surface area contributed by atoms with Gasteiger partial charge in [-0.25, -0.2) is 0 Å². The first-order valence-electron chi connectivity index (χ1n) is 16.0. The summed E-state index contributed by atoms with van der Waals surface area (Å²) in [6, 6.07) is 46.8. The molecule has 0 aliphatic carbocycles. The van der Waals surface area contributed by atoms with Crippen LogP contribution in [0.25, 0.3) is 0 Å². The first-order valence-corrected chi connectivity index (χ1v) is 16.0. The average molecular weight is 633 g/mol. The maximum absolute atomic E-state index is 13.5. The van der Waals surface area contributed by atoms with Crippen LogP contribution >= 0.6 is 0 Å². The molecule has 0 spiro atoms. The Hall–Kier alpha value is -5.81. The minimum atomic E-state index is -0.269. The minimum Gasteiger partial charge on any atom is -0.457 e. The standard InChI is InChI=1S/C43H40N2O3/c1-42(2,33-13-21-37(22-14-33)47-39-25-17-35(44)18-26-39)31-9-5-29(6-10-31)41(46)30-7-11-32(12-8-30)43(3,4)34-15-23-38(24-16-34)48-40-27-19-36(45)20-28-40/h5-28H,44-45H2,1-4H3. The van der Waals surface area contributed by atoms with Crippen LogP contribution in [0.15, 0.2) is 146 Å². The lowest BCUT2D eigenvalue weighted by Gasteiger charge is -2.27. The van der Waals surface area contributed by atoms with Crippen molar-refractivity contribution in [1.29, 1.82) is 0 Å². The molecule has 240 valence electrons. The average Bonchev–Trinajstić information content (AvgIpc) is 3.10. The molecule has 0 radical (unpaired) electrons. The van der Waals surface area contributed by atoms with Crippen molar-refractivity contribution in [1.82, 2.24) is 0 Å². The first kappa shape index (κ1) is 32.1. The summed E-state index contributed by atoms with van der Waals surface area (Å²) in [5, 5.41) is 0. The number of rotatable bonds is 10. The smallest absolute Gasteiger partial charge is 0.193 e. The Balaban J connectivity index is 1.11. The lowest BCUT2D eigenvalue weighted by Crippen LogP contribution is -2.19. The van der Waals surface area contributed by atoms with Gasteiger partial charge in [0.25, 0.3) is 0 Å². The fourth-order valence-corrected chi connectivity index (χ4v) is 5.80. The monoisotopic (exact) mass is 632 g/mol. The van der Waals surface area contributed by atoms with E-state index < -0.39 is 0 Å². The summed E-state index contributed by atoms with van der Waals surface area (Å²) in [4.78, 5) is 13.5. The highest BCUT2D eigenvalue weighted by molar-refractivity contribution is 6.09. The largest absolute Gasteiger partial charge is 0.457 e. The molecule has 0 amide bonds. The number of ether oxygens (including phenoxy) is 2. The fraction of sp³-hybridized carbons (Fsp3) is 0.140. The summed E-state index contributed by atoms with van der Waals surface area (Å²) < 4.78 is 11.9. The van der Waals surface area contributed by atoms with E-state index in [-0.39, 0.29) is 16.6 Å². The van der Waals surface area contributed by atoms with E-state index in [0.717, 1.165) is 45.3 Å². The number of hydrogen-bond donors (Lipinski definition) is 2. The SMILES string of the molecule is CC(C)(c1ccc(Oc2ccc(N)cc2)cc1)c1ccc(C(=O)c2ccc(C(C)(C)c3ccc(Oc4ccc(N)cc4)cc3)cc2)cc1. The molecule has 6 aromatic rings. The predicted molar refractivity (Wildman–Crippen MR) is 195 cm³/mol. The molecule has 0 saturated heterocycles. The highest BCUT2D eigenvalue weighted by atomic mass is 16.5. The number of hydrogen-bond acceptors (Lipinski definition) is 5. The van der Waals surface area contributed by atoms with Crippen LogP contribution in [0.4, 0.5) is 11.4 Å². The highest BCUT2D eigenvalue weighted by Crippen LogP contribution is 2.35. The van der Waals surface area contributed by atoms with Crippen molar-refractivity contribution >= 4 is 17.2 Å². The van der Waals surface area contributed by atoms with Crippen LogP contribution in [0.5, 0.6) is 23.0 Å². The zero-order chi connectivity index (χ0) is 33.9. The molecule has 0 aromatic heterocycles. The molecule has 0 fully saturated rings. The van der Waals surface area contributed by atoms with Gasteiger partial charge in [0.05, 0.1) is 0 Å². The Morgan fingerprint density at radius 1 is 0.396 bits per heavy atom. The van der Waals surface area contributed by atoms with E-state index in [4.69, 9.17) is 20.9 Å². The molecule has 6 aromatic carbocycles. The maximum atomic E-state index is 13.5. The molecule has 4 N–H and O–H groups in total. The number of anilines is 2. The van der Waals surface area contributed by atoms with Crippen LogP contribution in [0.3, 0.4) is 0 Å². The summed E-state index contributed by atoms with van der Waals surface area (Å²) in [5.41, 5.74) is 18.3. The molecule has 5 heteroatoms. The van der Waals surface area contributed by atoms with Crippen molar-refractivity contribution in [2.75, 3.05) is 11.5 Å². The molecule has 0 unspecified atom stereocenters. The molecule has 0 heterocycles. The zero-order valence-electron chi connectivity index (χ0n) is 27.7. The number of nitrogen functional groups attached to an aromatic ring is 2. The Morgan fingerprint density at radius 2 is 0.625 bits per heavy atom. The van der Waals surface area contributed by atoms with Crippen molar-refractivity contribution in [3.63, 3.8) is 0 Å². The van der Waals surface area contributed by atoms with Gasteiger partial charge in [0.15, 0.2) is 5.78 Å². The second-order valence-electron chi connectivity index (χ2n) is 13.1. The minimum absolute atomic E-state index is 0.00273. The molecule has 5 nitrogen and oxygen atoms in total. The molecule has 0 bridgehead atoms. The molecular formula is C43H40N2O3. The Labute approximate surface area is 282 Å². The van der Waals surface area contributed by atoms with Gasteiger partial charge in [0.1, 0.15) is 23.0 Å². The summed E-state index contributed by atoms with van der Waals surface area (Å²) in [7, 11) is 0. The number of ketones is 1. The summed E-state index contributed by atoms with van der Waals surface area (Å²) in [6.07, 6.45) is 0. The highest BCUT2D eigenvalue weighted by Gasteiger charge is 2.25. The zero-order valence-corrected chi connectivity index (χ0v) is 27.7. The van der Waals surface area contributed by atoms with Crippen LogP contribution in [0, 0.1) is 0 Å². The Bertz CT molecular complexity index is 1840. The topological polar surface area (TPSA) is 87.6 Å². The van der Waals surface area contributed by atoms with Crippen LogP contribution in [0.1, 0.15) is 65.9 Å². The first-order chi connectivity index (χ1) is 23.0. The quantitative estimate of drug-likeness (QED) is 0.116. The van der Waals surface area contributed by atoms with Crippen molar-refractivity contribution in [2.45, 2.75) is 38.5 Å². The van der Waals surface area contributed by atoms with Crippen LogP contribution in [-0.2, 0) is 10.8 Å². The lowest BCUT2D eigenvalue weighted by atomic mass is 9.77. The lowest BCUT2D eigenvalue weighted by molar-refractivity contribution is 0.103. The van der Waals surface area contributed by atoms with Crippen molar-refractivity contribution in [3.8, 4) is 23.0 Å². The number of benzene rings is 6. The van der Waals surface area contributed by atoms with E-state index in [2.05, 4.69) is 52.0 Å². The van der Waals surface area contributed by atoms with Crippen LogP contribution < -0.4 is 20.9 Å². The van der Waals surface area contributed by atoms with Gasteiger partial charge in [0, 0.05) is 33.3 Å². The number of nitrogens with two attached hydrogens (primary N) is 2. The Kier molecular flexibility index (Phi) is 8.79. The molecule has 6 rings (SSSR count). The summed E-state index contributed by atoms with van der Waals surface area (Å²) in [5.74, 6) is 2.99. The van der Waals surface area contributed by atoms with Crippen LogP contribution in [-0.4, -0.2) is 5.78 Å². The van der Waals surface area contributed by atoms with E-state index in [1.54, 1.807) is 0 Å². The van der Waals surface area contributed by atoms with E-state index in [0.29, 0.717) is 22.5 Å². The maximum Gasteiger partial charge on any atom is 0.193 e.